The minimum Gasteiger partial charge on any atom is -0.508 e. The molecule has 2 aliphatic heterocycles. The number of phenols is 1. The summed E-state index contributed by atoms with van der Waals surface area (Å²) in [6.07, 6.45) is 0. The molecule has 1 atom stereocenters. The molecule has 1 aromatic heterocycles. The Morgan fingerprint density at radius 2 is 1.85 bits per heavy atom. The van der Waals surface area contributed by atoms with E-state index in [4.69, 9.17) is 9.72 Å². The van der Waals surface area contributed by atoms with Crippen molar-refractivity contribution in [2.45, 2.75) is 26.1 Å². The number of aromatic nitrogens is 1. The molecular weight excluding hydrogens is 530 g/mol. The highest BCUT2D eigenvalue weighted by atomic mass is 32.2. The number of hydrogen-bond acceptors (Lipinski definition) is 9. The van der Waals surface area contributed by atoms with Crippen LogP contribution in [0.1, 0.15) is 31.2 Å². The number of fused-ring (bicyclic) bond motifs is 3. The van der Waals surface area contributed by atoms with Crippen LogP contribution in [0.2, 0.25) is 0 Å². The number of thiazole rings is 1. The van der Waals surface area contributed by atoms with Gasteiger partial charge in [0.25, 0.3) is 5.91 Å². The molecule has 6 rings (SSSR count). The number of amides is 1. The number of thioether (sulfide) groups is 1. The first-order valence-electron chi connectivity index (χ1n) is 13.0. The van der Waals surface area contributed by atoms with Crippen LogP contribution in [-0.2, 0) is 4.79 Å². The third kappa shape index (κ3) is 4.63. The Labute approximate surface area is 235 Å². The largest absolute Gasteiger partial charge is 0.508 e. The van der Waals surface area contributed by atoms with E-state index in [0.717, 1.165) is 46.2 Å². The smallest absolute Gasteiger partial charge is 0.279 e. The second kappa shape index (κ2) is 10.3. The number of hydrogen-bond donors (Lipinski definition) is 3. The Hall–Kier alpha value is -3.89. The minimum absolute atomic E-state index is 0.165. The minimum atomic E-state index is -0.190. The third-order valence-electron chi connectivity index (χ3n) is 6.77. The maximum atomic E-state index is 14.1. The maximum Gasteiger partial charge on any atom is 0.279 e. The van der Waals surface area contributed by atoms with E-state index in [1.165, 1.54) is 23.1 Å². The van der Waals surface area contributed by atoms with Gasteiger partial charge in [-0.1, -0.05) is 11.8 Å². The molecule has 200 valence electrons. The molecule has 1 unspecified atom stereocenters. The molecule has 8 nitrogen and oxygen atoms in total. The fourth-order valence-corrected chi connectivity index (χ4v) is 6.91. The average Bonchev–Trinajstić information content (AvgIpc) is 3.59. The highest BCUT2D eigenvalue weighted by Gasteiger charge is 2.35. The molecule has 10 heteroatoms. The zero-order valence-corrected chi connectivity index (χ0v) is 23.5. The normalized spacial score (nSPS) is 15.7. The number of carbonyl (C=O) groups is 1. The number of benzene rings is 3. The summed E-state index contributed by atoms with van der Waals surface area (Å²) in [7, 11) is 0. The monoisotopic (exact) mass is 559 g/mol. The zero-order valence-electron chi connectivity index (χ0n) is 21.9. The molecule has 39 heavy (non-hydrogen) atoms. The van der Waals surface area contributed by atoms with E-state index in [1.807, 2.05) is 48.7 Å². The lowest BCUT2D eigenvalue weighted by Gasteiger charge is -2.33. The Morgan fingerprint density at radius 1 is 1.08 bits per heavy atom. The van der Waals surface area contributed by atoms with Gasteiger partial charge in [0.2, 0.25) is 0 Å². The molecule has 0 saturated carbocycles. The van der Waals surface area contributed by atoms with Crippen molar-refractivity contribution in [2.24, 2.45) is 0 Å². The van der Waals surface area contributed by atoms with Crippen LogP contribution in [0.4, 0.5) is 22.7 Å². The van der Waals surface area contributed by atoms with Crippen LogP contribution < -0.4 is 25.2 Å². The van der Waals surface area contributed by atoms with Crippen LogP contribution in [0.25, 0.3) is 10.2 Å². The first-order valence-corrected chi connectivity index (χ1v) is 14.8. The number of anilines is 4. The SMILES string of the molecule is CCNc1ccc2c(c1)Oc1cc(N(CC)CC)ccc1N2C(=O)C1=CSC(c2nc3ccc(O)cc3s2)N1. The van der Waals surface area contributed by atoms with Gasteiger partial charge in [-0.25, -0.2) is 4.98 Å². The van der Waals surface area contributed by atoms with Crippen LogP contribution in [0.3, 0.4) is 0 Å². The molecule has 2 aliphatic rings. The molecular formula is C29H29N5O3S2. The van der Waals surface area contributed by atoms with E-state index in [-0.39, 0.29) is 17.0 Å². The quantitative estimate of drug-likeness (QED) is 0.225. The second-order valence-corrected chi connectivity index (χ2v) is 11.2. The Kier molecular flexibility index (Phi) is 6.74. The molecule has 3 aromatic carbocycles. The number of phenolic OH excluding ortho intramolecular Hbond substituents is 1. The summed E-state index contributed by atoms with van der Waals surface area (Å²) >= 11 is 3.02. The van der Waals surface area contributed by atoms with Gasteiger partial charge in [0.05, 0.1) is 21.6 Å². The fourth-order valence-electron chi connectivity index (χ4n) is 4.86. The number of nitrogens with zero attached hydrogens (tertiary/aromatic N) is 3. The van der Waals surface area contributed by atoms with Crippen molar-refractivity contribution in [3.63, 3.8) is 0 Å². The zero-order chi connectivity index (χ0) is 27.1. The second-order valence-electron chi connectivity index (χ2n) is 9.18. The number of ether oxygens (including phenoxy) is 1. The molecule has 0 spiro atoms. The van der Waals surface area contributed by atoms with E-state index >= 15 is 0 Å². The van der Waals surface area contributed by atoms with Crippen LogP contribution in [0.5, 0.6) is 17.2 Å². The van der Waals surface area contributed by atoms with E-state index in [1.54, 1.807) is 23.1 Å². The summed E-state index contributed by atoms with van der Waals surface area (Å²) in [4.78, 5) is 22.8. The van der Waals surface area contributed by atoms with Gasteiger partial charge in [0.15, 0.2) is 11.5 Å². The summed E-state index contributed by atoms with van der Waals surface area (Å²) in [6, 6.07) is 17.0. The molecule has 3 N–H and O–H groups in total. The summed E-state index contributed by atoms with van der Waals surface area (Å²) in [5.41, 5.74) is 4.69. The predicted octanol–water partition coefficient (Wildman–Crippen LogP) is 6.93. The maximum absolute atomic E-state index is 14.1. The van der Waals surface area contributed by atoms with Crippen molar-refractivity contribution in [1.29, 1.82) is 0 Å². The number of carbonyl (C=O) groups excluding carboxylic acids is 1. The van der Waals surface area contributed by atoms with Crippen LogP contribution >= 0.6 is 23.1 Å². The van der Waals surface area contributed by atoms with E-state index in [2.05, 4.69) is 29.4 Å². The Balaban J connectivity index is 1.33. The highest BCUT2D eigenvalue weighted by Crippen LogP contribution is 2.50. The van der Waals surface area contributed by atoms with E-state index in [0.29, 0.717) is 28.6 Å². The molecule has 0 fully saturated rings. The van der Waals surface area contributed by atoms with Crippen molar-refractivity contribution >= 4 is 62.0 Å². The molecule has 0 bridgehead atoms. The van der Waals surface area contributed by atoms with Crippen LogP contribution in [0.15, 0.2) is 65.7 Å². The van der Waals surface area contributed by atoms with Crippen molar-refractivity contribution in [1.82, 2.24) is 10.3 Å². The molecule has 0 aliphatic carbocycles. The first-order chi connectivity index (χ1) is 19.0. The Bertz CT molecular complexity index is 1600. The summed E-state index contributed by atoms with van der Waals surface area (Å²) in [6.45, 7) is 8.82. The number of rotatable bonds is 7. The van der Waals surface area contributed by atoms with Gasteiger partial charge < -0.3 is 25.4 Å². The van der Waals surface area contributed by atoms with Crippen molar-refractivity contribution in [3.05, 3.63) is 70.7 Å². The standard InChI is InChI=1S/C29H29N5O3S2/c1-4-30-17-7-11-22-24(13-17)37-25-14-18(33(5-2)6-3)8-12-23(25)34(22)29(36)21-16-38-27(32-21)28-31-20-10-9-19(35)15-26(20)39-28/h7-16,27,30,32,35H,4-6H2,1-3H3. The van der Waals surface area contributed by atoms with Crippen LogP contribution in [-0.4, -0.2) is 35.6 Å². The predicted molar refractivity (Wildman–Crippen MR) is 161 cm³/mol. The van der Waals surface area contributed by atoms with Gasteiger partial charge in [-0.3, -0.25) is 9.69 Å². The van der Waals surface area contributed by atoms with Gasteiger partial charge in [-0.05, 0) is 63.2 Å². The number of nitrogens with one attached hydrogen (secondary N) is 2. The lowest BCUT2D eigenvalue weighted by atomic mass is 10.1. The number of aromatic hydroxyl groups is 1. The molecule has 1 amide bonds. The molecule has 0 saturated heterocycles. The highest BCUT2D eigenvalue weighted by molar-refractivity contribution is 8.02. The van der Waals surface area contributed by atoms with Gasteiger partial charge >= 0.3 is 0 Å². The van der Waals surface area contributed by atoms with Gasteiger partial charge in [0.1, 0.15) is 21.8 Å². The van der Waals surface area contributed by atoms with Gasteiger partial charge in [0, 0.05) is 48.5 Å². The summed E-state index contributed by atoms with van der Waals surface area (Å²) < 4.78 is 7.29. The molecule has 0 radical (unpaired) electrons. The van der Waals surface area contributed by atoms with Gasteiger partial charge in [-0.2, -0.15) is 0 Å². The van der Waals surface area contributed by atoms with Crippen molar-refractivity contribution in [3.8, 4) is 17.2 Å². The van der Waals surface area contributed by atoms with Crippen molar-refractivity contribution < 1.29 is 14.6 Å². The van der Waals surface area contributed by atoms with Crippen molar-refractivity contribution in [2.75, 3.05) is 34.8 Å². The lowest BCUT2D eigenvalue weighted by molar-refractivity contribution is -0.114. The average molecular weight is 560 g/mol. The fraction of sp³-hybridized carbons (Fsp3) is 0.241. The summed E-state index contributed by atoms with van der Waals surface area (Å²) in [5.74, 6) is 1.31. The summed E-state index contributed by atoms with van der Waals surface area (Å²) in [5, 5.41) is 19.1. The van der Waals surface area contributed by atoms with Crippen LogP contribution in [0, 0.1) is 0 Å². The molecule has 3 heterocycles. The van der Waals surface area contributed by atoms with E-state index < -0.39 is 0 Å². The topological polar surface area (TPSA) is 90.0 Å². The Morgan fingerprint density at radius 3 is 2.62 bits per heavy atom. The first kappa shape index (κ1) is 25.4. The third-order valence-corrected chi connectivity index (χ3v) is 8.99. The molecule has 4 aromatic rings. The van der Waals surface area contributed by atoms with E-state index in [9.17, 15) is 9.90 Å². The lowest BCUT2D eigenvalue weighted by Crippen LogP contribution is -2.34. The van der Waals surface area contributed by atoms with Gasteiger partial charge in [-0.15, -0.1) is 11.3 Å².